The number of aromatic nitrogens is 4. The Hall–Kier alpha value is -10.5. The third kappa shape index (κ3) is 24.7. The molecule has 137 heavy (non-hydrogen) atoms. The Balaban J connectivity index is 0.000000154. The number of ether oxygens (including phenoxy) is 8. The minimum absolute atomic E-state index is 0.0782. The number of aliphatic carboxylic acids is 4. The molecular formula is C89H90BrCl5F2N16O20S4. The molecule has 726 valence electrons. The number of carbonyl (C=O) groups is 8. The van der Waals surface area contributed by atoms with Crippen molar-refractivity contribution in [1.82, 2.24) is 60.8 Å². The summed E-state index contributed by atoms with van der Waals surface area (Å²) in [5, 5.41) is 63.3. The van der Waals surface area contributed by atoms with Gasteiger partial charge in [0, 0.05) is 168 Å². The number of halogens is 8. The van der Waals surface area contributed by atoms with Gasteiger partial charge in [0.1, 0.15) is 60.0 Å². The molecule has 12 atom stereocenters. The Morgan fingerprint density at radius 3 is 0.920 bits per heavy atom. The molecule has 0 bridgehead atoms. The summed E-state index contributed by atoms with van der Waals surface area (Å²) in [6.07, 6.45) is 4.43. The normalized spacial score (nSPS) is 23.2. The number of nitrogens with one attached hydrogen (secondary N) is 4. The third-order valence-electron chi connectivity index (χ3n) is 22.6. The predicted molar refractivity (Wildman–Crippen MR) is 511 cm³/mol. The van der Waals surface area contributed by atoms with Crippen molar-refractivity contribution in [3.8, 4) is 0 Å². The number of nitrogens with zero attached hydrogens (tertiary/aromatic N) is 12. The van der Waals surface area contributed by atoms with E-state index in [1.165, 1.54) is 90.9 Å². The smallest absolute Gasteiger partial charge is 0.338 e. The topological polar surface area (TPSA) is 453 Å². The monoisotopic (exact) mass is 2120 g/mol. The van der Waals surface area contributed by atoms with E-state index in [0.717, 1.165) is 6.07 Å². The van der Waals surface area contributed by atoms with Crippen molar-refractivity contribution in [2.24, 2.45) is 20.0 Å². The van der Waals surface area contributed by atoms with Gasteiger partial charge in [0.15, 0.2) is 43.4 Å². The average Bonchev–Trinajstić information content (AvgIpc) is 1.29. The highest BCUT2D eigenvalue weighted by Gasteiger charge is 2.46. The van der Waals surface area contributed by atoms with E-state index in [4.69, 9.17) is 111 Å². The Labute approximate surface area is 832 Å². The van der Waals surface area contributed by atoms with E-state index in [1.807, 2.05) is 10.8 Å². The van der Waals surface area contributed by atoms with Crippen LogP contribution in [-0.2, 0) is 76.3 Å². The van der Waals surface area contributed by atoms with Gasteiger partial charge in [-0.25, -0.2) is 47.9 Å². The molecule has 0 saturated carbocycles. The second-order valence-corrected chi connectivity index (χ2v) is 37.6. The summed E-state index contributed by atoms with van der Waals surface area (Å²) in [5.41, 5.74) is 4.70. The maximum absolute atomic E-state index is 13.8. The van der Waals surface area contributed by atoms with Crippen LogP contribution in [0.3, 0.4) is 0 Å². The number of carboxylic acids is 4. The van der Waals surface area contributed by atoms with E-state index in [0.29, 0.717) is 166 Å². The molecule has 8 N–H and O–H groups in total. The van der Waals surface area contributed by atoms with Gasteiger partial charge in [0.2, 0.25) is 0 Å². The molecule has 0 amide bonds. The van der Waals surface area contributed by atoms with Crippen LogP contribution >= 0.6 is 119 Å². The van der Waals surface area contributed by atoms with Gasteiger partial charge < -0.3 is 79.6 Å². The first kappa shape index (κ1) is 104. The van der Waals surface area contributed by atoms with Crippen molar-refractivity contribution in [3.63, 3.8) is 0 Å². The fraction of sp³-hybridized carbons (Fsp3) is 0.371. The van der Waals surface area contributed by atoms with E-state index in [9.17, 15) is 67.6 Å². The summed E-state index contributed by atoms with van der Waals surface area (Å²) < 4.78 is 70.8. The summed E-state index contributed by atoms with van der Waals surface area (Å²) >= 11 is 40.4. The van der Waals surface area contributed by atoms with Crippen LogP contribution in [0.15, 0.2) is 189 Å². The minimum Gasteiger partial charge on any atom is -0.480 e. The highest BCUT2D eigenvalue weighted by atomic mass is 79.9. The number of methoxy groups -OCH3 is 3. The molecule has 8 aromatic rings. The lowest BCUT2D eigenvalue weighted by Gasteiger charge is -2.38. The Kier molecular flexibility index (Phi) is 35.9. The van der Waals surface area contributed by atoms with Crippen molar-refractivity contribution >= 4 is 190 Å². The van der Waals surface area contributed by atoms with Crippen LogP contribution in [0.5, 0.6) is 0 Å². The van der Waals surface area contributed by atoms with Crippen molar-refractivity contribution in [2.45, 2.75) is 107 Å². The van der Waals surface area contributed by atoms with E-state index in [1.54, 1.807) is 132 Å². The average molecular weight is 2130 g/mol. The molecule has 16 rings (SSSR count). The van der Waals surface area contributed by atoms with Crippen molar-refractivity contribution in [3.05, 3.63) is 248 Å². The Morgan fingerprint density at radius 2 is 0.672 bits per heavy atom. The van der Waals surface area contributed by atoms with E-state index < -0.39 is 132 Å². The largest absolute Gasteiger partial charge is 0.480 e. The zero-order valence-electron chi connectivity index (χ0n) is 74.0. The lowest BCUT2D eigenvalue weighted by molar-refractivity contribution is -0.156. The number of carbonyl (C=O) groups excluding carboxylic acids is 4. The Bertz CT molecular complexity index is 5660. The summed E-state index contributed by atoms with van der Waals surface area (Å²) in [6, 6.07) is 11.0. The number of aliphatic imine (C=N–C) groups is 4. The number of thiazole rings is 4. The number of esters is 4. The maximum Gasteiger partial charge on any atom is 0.338 e. The van der Waals surface area contributed by atoms with Crippen LogP contribution in [0.1, 0.15) is 101 Å². The molecule has 8 aliphatic rings. The lowest BCUT2D eigenvalue weighted by atomic mass is 9.94. The molecule has 8 aliphatic heterocycles. The zero-order chi connectivity index (χ0) is 98.3. The highest BCUT2D eigenvalue weighted by molar-refractivity contribution is 9.10. The molecule has 4 saturated heterocycles. The second kappa shape index (κ2) is 47.4. The van der Waals surface area contributed by atoms with Gasteiger partial charge in [-0.1, -0.05) is 98.2 Å². The molecule has 0 spiro atoms. The summed E-state index contributed by atoms with van der Waals surface area (Å²) in [4.78, 5) is 143. The first-order chi connectivity index (χ1) is 65.7. The minimum atomic E-state index is -1.03. The number of hydrogen-bond acceptors (Lipinski definition) is 36. The fourth-order valence-corrected chi connectivity index (χ4v) is 20.7. The van der Waals surface area contributed by atoms with Crippen LogP contribution in [0, 0.1) is 11.6 Å². The number of amidine groups is 4. The number of benzene rings is 4. The molecule has 4 fully saturated rings. The van der Waals surface area contributed by atoms with Crippen LogP contribution < -0.4 is 21.3 Å². The lowest BCUT2D eigenvalue weighted by Crippen LogP contribution is -2.56. The molecule has 48 heteroatoms. The first-order valence-corrected chi connectivity index (χ1v) is 48.4. The first-order valence-electron chi connectivity index (χ1n) is 42.2. The maximum atomic E-state index is 13.8. The van der Waals surface area contributed by atoms with Gasteiger partial charge in [-0.05, 0) is 88.7 Å². The van der Waals surface area contributed by atoms with Gasteiger partial charge in [-0.3, -0.25) is 58.7 Å². The summed E-state index contributed by atoms with van der Waals surface area (Å²) in [5.74, 6) is -5.78. The standard InChI is InChI=1S/C23H24Cl2N4O5S.C22H22BrFN4O5S.C22H22Cl2N4O5S.C22H22ClFN4O5S/c1-3-33-23(32)17-16(11-29-7-8-34-12(2)19(29)22(30)31)27-20(21-26-6-9-35-21)28-18(17)14-5-4-13(24)10-15(14)25;1-11-18(21(29)30)28(6-7-33-11)10-15-16(22(31)32-2)17(13-4-3-12(24)9-14(13)23)27-19(26-15)20-25-5-8-34-20;1-11-18(21(29)30)28(6-7-33-11)10-15-16(22(31)32-2)17(13-4-3-12(23)9-14(13)24)27-19(26-15)20-25-5-8-34-20;1-11-18(21(29)30)28(6-7-33-11)10-15-16(22(31)32-2)17(13-4-3-12(24)9-14(13)23)27-19(26-15)20-25-5-8-34-20/h4-6,9-10,12,18-19H,3,7-8,11H2,1-2H3,(H,27,28)(H,30,31);3*3-5,8-9,11,17-18H,6-7,10H2,1-2H3,(H,26,27)(H,29,30)/t12-,18?,19+;3*11-,17?,18+/m1111/s1. The van der Waals surface area contributed by atoms with Crippen LogP contribution in [0.2, 0.25) is 25.1 Å². The van der Waals surface area contributed by atoms with Gasteiger partial charge in [-0.15, -0.1) is 45.3 Å². The van der Waals surface area contributed by atoms with Gasteiger partial charge in [0.05, 0.1) is 101 Å². The van der Waals surface area contributed by atoms with Gasteiger partial charge in [-0.2, -0.15) is 0 Å². The third-order valence-corrected chi connectivity index (χ3v) is 27.9. The summed E-state index contributed by atoms with van der Waals surface area (Å²) in [6.45, 7) is 12.0. The SMILES string of the molecule is CCOC(=O)C1=C(CN2CCO[C@H](C)[C@H]2C(=O)O)NC(c2nccs2)=NC1c1ccc(Cl)cc1Cl.COC(=O)C1=C(CN2CCO[C@H](C)[C@H]2C(=O)O)NC(c2nccs2)=NC1c1ccc(Cl)cc1Cl.COC(=O)C1=C(CN2CCO[C@H](C)[C@H]2C(=O)O)NC(c2nccs2)=NC1c1ccc(F)cc1Br.COC(=O)C1=C(CN2CCO[C@H](C)[C@H]2C(=O)O)NC(c2nccs2)=NC1c1ccc(F)cc1Cl. The molecular weight excluding hydrogens is 2040 g/mol. The molecule has 4 unspecified atom stereocenters. The Morgan fingerprint density at radius 1 is 0.409 bits per heavy atom. The number of morpholine rings is 4. The quantitative estimate of drug-likeness (QED) is 0.0195. The van der Waals surface area contributed by atoms with E-state index >= 15 is 0 Å². The van der Waals surface area contributed by atoms with Gasteiger partial charge in [0.25, 0.3) is 0 Å². The molecule has 4 aromatic carbocycles. The highest BCUT2D eigenvalue weighted by Crippen LogP contribution is 2.44. The van der Waals surface area contributed by atoms with Crippen LogP contribution in [0.25, 0.3) is 0 Å². The number of carboxylic acid groups (broad SMARTS) is 4. The zero-order valence-corrected chi connectivity index (χ0v) is 82.6. The molecule has 36 nitrogen and oxygen atoms in total. The molecule has 0 aliphatic carbocycles. The molecule has 12 heterocycles. The number of hydrogen-bond donors (Lipinski definition) is 8. The van der Waals surface area contributed by atoms with Crippen LogP contribution in [0.4, 0.5) is 8.78 Å². The van der Waals surface area contributed by atoms with Crippen molar-refractivity contribution in [1.29, 1.82) is 0 Å². The summed E-state index contributed by atoms with van der Waals surface area (Å²) in [7, 11) is 3.79. The second-order valence-electron chi connectivity index (χ2n) is 31.1. The van der Waals surface area contributed by atoms with E-state index in [2.05, 4.69) is 62.1 Å². The van der Waals surface area contributed by atoms with Crippen LogP contribution in [-0.4, -0.2) is 286 Å². The predicted octanol–water partition coefficient (Wildman–Crippen LogP) is 12.0. The number of rotatable bonds is 25. The van der Waals surface area contributed by atoms with Crippen molar-refractivity contribution < 1.29 is 105 Å². The van der Waals surface area contributed by atoms with E-state index in [-0.39, 0.29) is 60.1 Å². The molecule has 0 radical (unpaired) electrons. The fourth-order valence-electron chi connectivity index (χ4n) is 16.5. The molecule has 4 aromatic heterocycles. The van der Waals surface area contributed by atoms with Gasteiger partial charge >= 0.3 is 47.8 Å². The van der Waals surface area contributed by atoms with Crippen molar-refractivity contribution in [2.75, 3.05) is 107 Å².